The van der Waals surface area contributed by atoms with Gasteiger partial charge in [0.05, 0.1) is 17.6 Å². The van der Waals surface area contributed by atoms with Crippen LogP contribution in [-0.2, 0) is 25.7 Å². The Labute approximate surface area is 204 Å². The van der Waals surface area contributed by atoms with Gasteiger partial charge in [0, 0.05) is 24.7 Å². The zero-order valence-electron chi connectivity index (χ0n) is 19.3. The second kappa shape index (κ2) is 6.28. The van der Waals surface area contributed by atoms with Gasteiger partial charge in [-0.3, -0.25) is 4.98 Å². The number of fused-ring (bicyclic) bond motifs is 12. The number of aromatic nitrogens is 1. The number of hydrogen-bond acceptors (Lipinski definition) is 2. The maximum atomic E-state index is 4.53. The van der Waals surface area contributed by atoms with Gasteiger partial charge in [-0.25, -0.2) is 0 Å². The normalized spacial score (nSPS) is 14.9. The van der Waals surface area contributed by atoms with Gasteiger partial charge in [-0.1, -0.05) is 60.7 Å². The minimum Gasteiger partial charge on any atom is -0.308 e. The largest absolute Gasteiger partial charge is 0.308 e. The molecule has 0 saturated carbocycles. The summed E-state index contributed by atoms with van der Waals surface area (Å²) in [5.41, 5.74) is 21.5. The lowest BCUT2D eigenvalue weighted by atomic mass is 9.81. The van der Waals surface area contributed by atoms with Crippen molar-refractivity contribution in [3.05, 3.63) is 130 Å². The summed E-state index contributed by atoms with van der Waals surface area (Å²) in [6.07, 6.45) is 8.03. The number of anilines is 3. The van der Waals surface area contributed by atoms with Crippen LogP contribution < -0.4 is 4.90 Å². The van der Waals surface area contributed by atoms with E-state index in [1.54, 1.807) is 0 Å². The highest BCUT2D eigenvalue weighted by Crippen LogP contribution is 2.57. The fraction of sp³-hybridized carbons (Fsp3) is 0.121. The number of pyridine rings is 1. The second-order valence-electron chi connectivity index (χ2n) is 10.4. The molecular formula is C33H22N2. The minimum absolute atomic E-state index is 0.976. The third-order valence-corrected chi connectivity index (χ3v) is 8.57. The van der Waals surface area contributed by atoms with Crippen LogP contribution in [0.4, 0.5) is 17.1 Å². The third-order valence-electron chi connectivity index (χ3n) is 8.57. The molecule has 9 rings (SSSR count). The topological polar surface area (TPSA) is 16.1 Å². The predicted molar refractivity (Wildman–Crippen MR) is 141 cm³/mol. The standard InChI is InChI=1S/C33H22N2/c1-3-7-26-19(5-1)13-22-9-10-23-15-24-16-25-14-21-11-12-34-18-29(21)35-28-8-4-2-6-20(28)17-27(33(25)35)31(24)32(23)30(22)26/h1-12,16,18H,13-15,17H2. The molecule has 2 heteroatoms. The van der Waals surface area contributed by atoms with Gasteiger partial charge in [0.25, 0.3) is 0 Å². The van der Waals surface area contributed by atoms with Gasteiger partial charge in [0.1, 0.15) is 0 Å². The molecule has 1 aromatic heterocycles. The summed E-state index contributed by atoms with van der Waals surface area (Å²) in [5, 5.41) is 0. The molecule has 2 nitrogen and oxygen atoms in total. The van der Waals surface area contributed by atoms with Crippen molar-refractivity contribution in [2.45, 2.75) is 25.7 Å². The summed E-state index contributed by atoms with van der Waals surface area (Å²) >= 11 is 0. The van der Waals surface area contributed by atoms with Crippen LogP contribution in [0, 0.1) is 0 Å². The maximum absolute atomic E-state index is 4.53. The SMILES string of the molecule is c1ccc2c(c1)Cc1ccc3c(c1-2)-c1c(cc2c4c1Cc1ccccc1N4c1cnccc1C2)C3. The summed E-state index contributed by atoms with van der Waals surface area (Å²) in [6, 6.07) is 27.4. The number of benzene rings is 4. The Morgan fingerprint density at radius 1 is 0.543 bits per heavy atom. The highest BCUT2D eigenvalue weighted by atomic mass is 15.2. The van der Waals surface area contributed by atoms with Crippen molar-refractivity contribution in [3.63, 3.8) is 0 Å². The summed E-state index contributed by atoms with van der Waals surface area (Å²) in [7, 11) is 0. The molecule has 0 unspecified atom stereocenters. The molecule has 164 valence electrons. The predicted octanol–water partition coefficient (Wildman–Crippen LogP) is 7.50. The Hall–Kier alpha value is -4.17. The molecule has 4 aliphatic rings. The first-order valence-corrected chi connectivity index (χ1v) is 12.6. The molecule has 2 aliphatic carbocycles. The van der Waals surface area contributed by atoms with E-state index < -0.39 is 0 Å². The number of nitrogens with zero attached hydrogens (tertiary/aromatic N) is 2. The number of hydrogen-bond donors (Lipinski definition) is 0. The van der Waals surface area contributed by atoms with Crippen LogP contribution >= 0.6 is 0 Å². The van der Waals surface area contributed by atoms with Crippen LogP contribution in [0.1, 0.15) is 44.5 Å². The van der Waals surface area contributed by atoms with Crippen LogP contribution in [0.15, 0.2) is 85.2 Å². The molecular weight excluding hydrogens is 424 g/mol. The second-order valence-corrected chi connectivity index (χ2v) is 10.4. The smallest absolute Gasteiger partial charge is 0.0680 e. The van der Waals surface area contributed by atoms with Gasteiger partial charge in [-0.2, -0.15) is 0 Å². The maximum Gasteiger partial charge on any atom is 0.0680 e. The first-order chi connectivity index (χ1) is 17.3. The van der Waals surface area contributed by atoms with E-state index in [-0.39, 0.29) is 0 Å². The Morgan fingerprint density at radius 3 is 2.23 bits per heavy atom. The minimum atomic E-state index is 0.976. The van der Waals surface area contributed by atoms with Crippen LogP contribution in [0.5, 0.6) is 0 Å². The lowest BCUT2D eigenvalue weighted by Crippen LogP contribution is -2.25. The lowest BCUT2D eigenvalue weighted by Gasteiger charge is -2.40. The van der Waals surface area contributed by atoms with Crippen molar-refractivity contribution >= 4 is 17.1 Å². The molecule has 4 aromatic carbocycles. The van der Waals surface area contributed by atoms with E-state index in [0.717, 1.165) is 25.7 Å². The van der Waals surface area contributed by atoms with Gasteiger partial charge in [0.15, 0.2) is 0 Å². The van der Waals surface area contributed by atoms with Gasteiger partial charge in [-0.05, 0) is 91.7 Å². The van der Waals surface area contributed by atoms with Crippen LogP contribution in [-0.4, -0.2) is 4.98 Å². The van der Waals surface area contributed by atoms with Crippen LogP contribution in [0.2, 0.25) is 0 Å². The van der Waals surface area contributed by atoms with E-state index >= 15 is 0 Å². The molecule has 0 radical (unpaired) electrons. The molecule has 3 heterocycles. The van der Waals surface area contributed by atoms with Crippen molar-refractivity contribution in [1.82, 2.24) is 4.98 Å². The first kappa shape index (κ1) is 18.2. The van der Waals surface area contributed by atoms with Gasteiger partial charge in [0.2, 0.25) is 0 Å². The fourth-order valence-electron chi connectivity index (χ4n) is 7.21. The zero-order chi connectivity index (χ0) is 22.7. The number of rotatable bonds is 0. The van der Waals surface area contributed by atoms with E-state index in [0.29, 0.717) is 0 Å². The van der Waals surface area contributed by atoms with Gasteiger partial charge < -0.3 is 4.90 Å². The zero-order valence-corrected chi connectivity index (χ0v) is 19.3. The average Bonchev–Trinajstić information content (AvgIpc) is 3.46. The number of para-hydroxylation sites is 1. The molecule has 35 heavy (non-hydrogen) atoms. The Balaban J connectivity index is 1.38. The summed E-state index contributed by atoms with van der Waals surface area (Å²) in [6.45, 7) is 0. The van der Waals surface area contributed by atoms with E-state index in [1.807, 2.05) is 6.20 Å². The van der Waals surface area contributed by atoms with Gasteiger partial charge >= 0.3 is 0 Å². The molecule has 0 spiro atoms. The molecule has 5 aromatic rings. The van der Waals surface area contributed by atoms with E-state index in [1.165, 1.54) is 83.8 Å². The summed E-state index contributed by atoms with van der Waals surface area (Å²) < 4.78 is 0. The van der Waals surface area contributed by atoms with Crippen molar-refractivity contribution in [2.24, 2.45) is 0 Å². The average molecular weight is 447 g/mol. The Morgan fingerprint density at radius 2 is 1.29 bits per heavy atom. The molecule has 0 fully saturated rings. The monoisotopic (exact) mass is 446 g/mol. The van der Waals surface area contributed by atoms with Gasteiger partial charge in [-0.15, -0.1) is 0 Å². The summed E-state index contributed by atoms with van der Waals surface area (Å²) in [4.78, 5) is 7.04. The molecule has 2 aliphatic heterocycles. The fourth-order valence-corrected chi connectivity index (χ4v) is 7.21. The van der Waals surface area contributed by atoms with Crippen molar-refractivity contribution in [2.75, 3.05) is 4.90 Å². The molecule has 0 bridgehead atoms. The highest BCUT2D eigenvalue weighted by molar-refractivity contribution is 6.01. The molecule has 0 N–H and O–H groups in total. The van der Waals surface area contributed by atoms with E-state index in [4.69, 9.17) is 0 Å². The third kappa shape index (κ3) is 2.23. The van der Waals surface area contributed by atoms with Crippen molar-refractivity contribution in [1.29, 1.82) is 0 Å². The first-order valence-electron chi connectivity index (χ1n) is 12.6. The van der Waals surface area contributed by atoms with Crippen molar-refractivity contribution in [3.8, 4) is 22.3 Å². The Bertz CT molecular complexity index is 1750. The molecule has 0 atom stereocenters. The highest BCUT2D eigenvalue weighted by Gasteiger charge is 2.38. The quantitative estimate of drug-likeness (QED) is 0.240. The molecule has 0 saturated heterocycles. The summed E-state index contributed by atoms with van der Waals surface area (Å²) in [5.74, 6) is 0. The molecule has 0 amide bonds. The Kier molecular flexibility index (Phi) is 3.27. The van der Waals surface area contributed by atoms with E-state index in [9.17, 15) is 0 Å². The van der Waals surface area contributed by atoms with Crippen molar-refractivity contribution < 1.29 is 0 Å². The van der Waals surface area contributed by atoms with Crippen LogP contribution in [0.3, 0.4) is 0 Å². The van der Waals surface area contributed by atoms with Crippen LogP contribution in [0.25, 0.3) is 22.3 Å². The lowest BCUT2D eigenvalue weighted by molar-refractivity contribution is 0.998. The van der Waals surface area contributed by atoms with E-state index in [2.05, 4.69) is 88.9 Å².